The molecule has 1 heterocycles. The zero-order valence-corrected chi connectivity index (χ0v) is 8.18. The second-order valence-corrected chi connectivity index (χ2v) is 3.08. The van der Waals surface area contributed by atoms with Crippen LogP contribution in [0.1, 0.15) is 5.69 Å². The number of hydrogen-bond acceptors (Lipinski definition) is 4. The lowest BCUT2D eigenvalue weighted by Crippen LogP contribution is -1.99. The Morgan fingerprint density at radius 1 is 1.31 bits per heavy atom. The highest BCUT2D eigenvalue weighted by Gasteiger charge is 2.08. The maximum atomic E-state index is 13.4. The number of nitrogens with two attached hydrogens (primary N) is 1. The van der Waals surface area contributed by atoms with Crippen LogP contribution < -0.4 is 5.73 Å². The summed E-state index contributed by atoms with van der Waals surface area (Å²) < 4.78 is 13.4. The summed E-state index contributed by atoms with van der Waals surface area (Å²) in [6, 6.07) is 7.97. The van der Waals surface area contributed by atoms with Gasteiger partial charge in [-0.3, -0.25) is 0 Å². The second-order valence-electron chi connectivity index (χ2n) is 3.08. The van der Waals surface area contributed by atoms with E-state index in [1.54, 1.807) is 24.3 Å². The molecule has 0 saturated carbocycles. The Kier molecular flexibility index (Phi) is 2.48. The zero-order chi connectivity index (χ0) is 11.5. The first-order chi connectivity index (χ1) is 7.72. The Hall–Kier alpha value is -2.48. The molecule has 4 nitrogen and oxygen atoms in total. The van der Waals surface area contributed by atoms with Crippen molar-refractivity contribution in [3.63, 3.8) is 0 Å². The highest BCUT2D eigenvalue weighted by molar-refractivity contribution is 5.61. The summed E-state index contributed by atoms with van der Waals surface area (Å²) in [5, 5.41) is 8.63. The minimum absolute atomic E-state index is 0.00301. The van der Waals surface area contributed by atoms with Crippen LogP contribution in [0, 0.1) is 17.1 Å². The van der Waals surface area contributed by atoms with Crippen molar-refractivity contribution >= 4 is 5.82 Å². The van der Waals surface area contributed by atoms with E-state index in [0.29, 0.717) is 11.3 Å². The summed E-state index contributed by atoms with van der Waals surface area (Å²) in [6.45, 7) is 0. The van der Waals surface area contributed by atoms with Gasteiger partial charge in [-0.25, -0.2) is 14.4 Å². The first-order valence-corrected chi connectivity index (χ1v) is 4.50. The summed E-state index contributed by atoms with van der Waals surface area (Å²) in [5.74, 6) is -0.399. The fourth-order valence-electron chi connectivity index (χ4n) is 1.29. The topological polar surface area (TPSA) is 75.6 Å². The highest BCUT2D eigenvalue weighted by atomic mass is 19.1. The van der Waals surface area contributed by atoms with Gasteiger partial charge >= 0.3 is 0 Å². The van der Waals surface area contributed by atoms with Crippen molar-refractivity contribution in [2.45, 2.75) is 0 Å². The second kappa shape index (κ2) is 3.95. The normalized spacial score (nSPS) is 9.75. The third-order valence-corrected chi connectivity index (χ3v) is 2.06. The van der Waals surface area contributed by atoms with Gasteiger partial charge in [0.15, 0.2) is 11.5 Å². The highest BCUT2D eigenvalue weighted by Crippen LogP contribution is 2.21. The molecule has 0 aliphatic carbocycles. The summed E-state index contributed by atoms with van der Waals surface area (Å²) in [7, 11) is 0. The molecule has 0 aliphatic heterocycles. The van der Waals surface area contributed by atoms with Crippen molar-refractivity contribution in [3.05, 3.63) is 42.0 Å². The molecule has 0 bridgehead atoms. The van der Waals surface area contributed by atoms with Crippen molar-refractivity contribution in [2.24, 2.45) is 0 Å². The average Bonchev–Trinajstić information content (AvgIpc) is 2.29. The first-order valence-electron chi connectivity index (χ1n) is 4.50. The predicted molar refractivity (Wildman–Crippen MR) is 56.6 cm³/mol. The third kappa shape index (κ3) is 1.68. The standard InChI is InChI=1S/C11H7FN4/c12-8-4-2-1-3-7(8)10-6-15-9(5-13)11(14)16-10/h1-4,6H,(H2,14,16). The zero-order valence-electron chi connectivity index (χ0n) is 8.18. The van der Waals surface area contributed by atoms with Crippen LogP contribution >= 0.6 is 0 Å². The largest absolute Gasteiger partial charge is 0.381 e. The first kappa shape index (κ1) is 10.1. The molecule has 2 rings (SSSR count). The van der Waals surface area contributed by atoms with Gasteiger partial charge in [-0.2, -0.15) is 5.26 Å². The number of aromatic nitrogens is 2. The maximum Gasteiger partial charge on any atom is 0.182 e. The van der Waals surface area contributed by atoms with E-state index in [-0.39, 0.29) is 11.5 Å². The molecule has 5 heteroatoms. The van der Waals surface area contributed by atoms with Crippen LogP contribution in [-0.4, -0.2) is 9.97 Å². The number of anilines is 1. The molecule has 0 amide bonds. The van der Waals surface area contributed by atoms with E-state index in [4.69, 9.17) is 11.0 Å². The summed E-state index contributed by atoms with van der Waals surface area (Å²) in [6.07, 6.45) is 1.33. The van der Waals surface area contributed by atoms with E-state index in [0.717, 1.165) is 0 Å². The van der Waals surface area contributed by atoms with Gasteiger partial charge in [0.1, 0.15) is 11.9 Å². The van der Waals surface area contributed by atoms with E-state index in [1.807, 2.05) is 0 Å². The molecule has 16 heavy (non-hydrogen) atoms. The lowest BCUT2D eigenvalue weighted by Gasteiger charge is -2.03. The van der Waals surface area contributed by atoms with E-state index in [2.05, 4.69) is 9.97 Å². The maximum absolute atomic E-state index is 13.4. The Morgan fingerprint density at radius 3 is 2.69 bits per heavy atom. The van der Waals surface area contributed by atoms with Crippen molar-refractivity contribution in [3.8, 4) is 17.3 Å². The molecule has 0 aliphatic rings. The Bertz CT molecular complexity index is 574. The van der Waals surface area contributed by atoms with E-state index in [9.17, 15) is 4.39 Å². The monoisotopic (exact) mass is 214 g/mol. The van der Waals surface area contributed by atoms with E-state index >= 15 is 0 Å². The molecule has 78 valence electrons. The fraction of sp³-hybridized carbons (Fsp3) is 0. The molecule has 0 atom stereocenters. The average molecular weight is 214 g/mol. The van der Waals surface area contributed by atoms with Gasteiger partial charge in [-0.15, -0.1) is 0 Å². The van der Waals surface area contributed by atoms with Crippen LogP contribution in [0.15, 0.2) is 30.5 Å². The molecule has 0 fully saturated rings. The number of hydrogen-bond donors (Lipinski definition) is 1. The van der Waals surface area contributed by atoms with Gasteiger partial charge in [0, 0.05) is 5.56 Å². The fourth-order valence-corrected chi connectivity index (χ4v) is 1.29. The number of rotatable bonds is 1. The van der Waals surface area contributed by atoms with Crippen molar-refractivity contribution in [2.75, 3.05) is 5.73 Å². The SMILES string of the molecule is N#Cc1ncc(-c2ccccc2F)nc1N. The van der Waals surface area contributed by atoms with Crippen molar-refractivity contribution in [1.82, 2.24) is 9.97 Å². The van der Waals surface area contributed by atoms with Gasteiger partial charge in [0.05, 0.1) is 11.9 Å². The predicted octanol–water partition coefficient (Wildman–Crippen LogP) is 1.74. The van der Waals surface area contributed by atoms with E-state index in [1.165, 1.54) is 12.3 Å². The van der Waals surface area contributed by atoms with Crippen LogP contribution in [-0.2, 0) is 0 Å². The lowest BCUT2D eigenvalue weighted by atomic mass is 10.1. The molecule has 0 radical (unpaired) electrons. The van der Waals surface area contributed by atoms with Crippen LogP contribution in [0.4, 0.5) is 10.2 Å². The number of nitrogens with zero attached hydrogens (tertiary/aromatic N) is 3. The summed E-state index contributed by atoms with van der Waals surface area (Å²) >= 11 is 0. The molecular formula is C11H7FN4. The number of nitrogen functional groups attached to an aromatic ring is 1. The number of nitriles is 1. The molecule has 1 aromatic heterocycles. The molecule has 1 aromatic carbocycles. The smallest absolute Gasteiger partial charge is 0.182 e. The van der Waals surface area contributed by atoms with E-state index < -0.39 is 5.82 Å². The minimum Gasteiger partial charge on any atom is -0.381 e. The van der Waals surface area contributed by atoms with Crippen LogP contribution in [0.5, 0.6) is 0 Å². The third-order valence-electron chi connectivity index (χ3n) is 2.06. The summed E-state index contributed by atoms with van der Waals surface area (Å²) in [5.41, 5.74) is 6.17. The molecule has 2 N–H and O–H groups in total. The van der Waals surface area contributed by atoms with Gasteiger partial charge in [-0.1, -0.05) is 12.1 Å². The van der Waals surface area contributed by atoms with Gasteiger partial charge in [-0.05, 0) is 12.1 Å². The van der Waals surface area contributed by atoms with Crippen molar-refractivity contribution < 1.29 is 4.39 Å². The Balaban J connectivity index is 2.55. The molecule has 0 unspecified atom stereocenters. The number of halogens is 1. The molecule has 0 spiro atoms. The number of benzene rings is 1. The quantitative estimate of drug-likeness (QED) is 0.784. The van der Waals surface area contributed by atoms with Crippen LogP contribution in [0.25, 0.3) is 11.3 Å². The van der Waals surface area contributed by atoms with Gasteiger partial charge in [0.2, 0.25) is 0 Å². The molecule has 0 saturated heterocycles. The van der Waals surface area contributed by atoms with Gasteiger partial charge in [0.25, 0.3) is 0 Å². The van der Waals surface area contributed by atoms with Crippen LogP contribution in [0.3, 0.4) is 0 Å². The Morgan fingerprint density at radius 2 is 2.06 bits per heavy atom. The van der Waals surface area contributed by atoms with Gasteiger partial charge < -0.3 is 5.73 Å². The Labute approximate surface area is 91.2 Å². The molecule has 2 aromatic rings. The molecular weight excluding hydrogens is 207 g/mol. The lowest BCUT2D eigenvalue weighted by molar-refractivity contribution is 0.630. The minimum atomic E-state index is -0.402. The van der Waals surface area contributed by atoms with Crippen molar-refractivity contribution in [1.29, 1.82) is 5.26 Å². The summed E-state index contributed by atoms with van der Waals surface area (Å²) in [4.78, 5) is 7.73. The van der Waals surface area contributed by atoms with Crippen LogP contribution in [0.2, 0.25) is 0 Å².